The number of primary amides is 1. The number of aliphatic carboxylic acids is 1. The van der Waals surface area contributed by atoms with Gasteiger partial charge in [0.2, 0.25) is 0 Å². The van der Waals surface area contributed by atoms with Crippen molar-refractivity contribution >= 4 is 17.8 Å². The van der Waals surface area contributed by atoms with Gasteiger partial charge in [0, 0.05) is 0 Å². The summed E-state index contributed by atoms with van der Waals surface area (Å²) in [5.74, 6) is -2.71. The van der Waals surface area contributed by atoms with Crippen LogP contribution >= 0.6 is 0 Å². The molecule has 0 aliphatic rings. The number of aliphatic hydroxyl groups excluding tert-OH is 1. The lowest BCUT2D eigenvalue weighted by Crippen LogP contribution is -2.49. The van der Waals surface area contributed by atoms with Crippen molar-refractivity contribution in [3.05, 3.63) is 29.8 Å². The molecule has 0 aliphatic carbocycles. The van der Waals surface area contributed by atoms with Gasteiger partial charge in [0.25, 0.3) is 11.8 Å². The molecule has 1 rings (SSSR count). The van der Waals surface area contributed by atoms with Crippen molar-refractivity contribution in [1.82, 2.24) is 5.32 Å². The summed E-state index contributed by atoms with van der Waals surface area (Å²) in [6.07, 6.45) is -1.26. The molecule has 21 heavy (non-hydrogen) atoms. The highest BCUT2D eigenvalue weighted by Gasteiger charge is 2.25. The fourth-order valence-electron chi connectivity index (χ4n) is 1.54. The summed E-state index contributed by atoms with van der Waals surface area (Å²) in [4.78, 5) is 33.6. The van der Waals surface area contributed by atoms with E-state index in [1.54, 1.807) is 12.1 Å². The molecule has 0 saturated carbocycles. The van der Waals surface area contributed by atoms with E-state index in [0.717, 1.165) is 0 Å². The van der Waals surface area contributed by atoms with Crippen molar-refractivity contribution in [1.29, 1.82) is 0 Å². The molecule has 8 heteroatoms. The fourth-order valence-corrected chi connectivity index (χ4v) is 1.54. The zero-order valence-electron chi connectivity index (χ0n) is 11.3. The summed E-state index contributed by atoms with van der Waals surface area (Å²) < 4.78 is 5.13. The Morgan fingerprint density at radius 2 is 1.95 bits per heavy atom. The van der Waals surface area contributed by atoms with Gasteiger partial charge in [-0.05, 0) is 19.1 Å². The molecule has 114 valence electrons. The van der Waals surface area contributed by atoms with Gasteiger partial charge in [-0.1, -0.05) is 12.1 Å². The number of carbonyl (C=O) groups is 3. The average molecular weight is 296 g/mol. The van der Waals surface area contributed by atoms with Gasteiger partial charge in [-0.15, -0.1) is 0 Å². The number of rotatable bonds is 7. The number of benzene rings is 1. The van der Waals surface area contributed by atoms with E-state index in [-0.39, 0.29) is 11.3 Å². The number of ether oxygens (including phenoxy) is 1. The van der Waals surface area contributed by atoms with E-state index >= 15 is 0 Å². The molecule has 5 N–H and O–H groups in total. The lowest BCUT2D eigenvalue weighted by atomic mass is 10.2. The summed E-state index contributed by atoms with van der Waals surface area (Å²) in [7, 11) is 0. The minimum atomic E-state index is -1.44. The second-order valence-corrected chi connectivity index (χ2v) is 4.27. The smallest absolute Gasteiger partial charge is 0.328 e. The van der Waals surface area contributed by atoms with Crippen LogP contribution in [0.25, 0.3) is 0 Å². The van der Waals surface area contributed by atoms with Gasteiger partial charge in [0.1, 0.15) is 5.75 Å². The Morgan fingerprint density at radius 1 is 1.33 bits per heavy atom. The molecule has 0 bridgehead atoms. The Morgan fingerprint density at radius 3 is 2.48 bits per heavy atom. The molecule has 0 radical (unpaired) electrons. The molecular formula is C13H16N2O6. The van der Waals surface area contributed by atoms with E-state index < -0.39 is 36.5 Å². The number of carboxylic acids is 1. The van der Waals surface area contributed by atoms with Gasteiger partial charge in [-0.25, -0.2) is 4.79 Å². The molecule has 0 heterocycles. The van der Waals surface area contributed by atoms with Crippen LogP contribution < -0.4 is 15.8 Å². The number of para-hydroxylation sites is 1. The number of amides is 2. The first kappa shape index (κ1) is 16.4. The molecule has 0 unspecified atom stereocenters. The molecule has 1 aromatic rings. The van der Waals surface area contributed by atoms with Crippen LogP contribution in [0.2, 0.25) is 0 Å². The number of aliphatic hydroxyl groups is 1. The Kier molecular flexibility index (Phi) is 5.67. The molecule has 0 spiro atoms. The predicted octanol–water partition coefficient (Wildman–Crippen LogP) is -0.885. The van der Waals surface area contributed by atoms with Crippen LogP contribution in [0.4, 0.5) is 0 Å². The minimum Gasteiger partial charge on any atom is -0.483 e. The maximum absolute atomic E-state index is 11.6. The van der Waals surface area contributed by atoms with Crippen LogP contribution in [-0.2, 0) is 9.59 Å². The van der Waals surface area contributed by atoms with E-state index in [0.29, 0.717) is 0 Å². The van der Waals surface area contributed by atoms with Gasteiger partial charge in [0.15, 0.2) is 12.6 Å². The van der Waals surface area contributed by atoms with Crippen molar-refractivity contribution in [3.8, 4) is 5.75 Å². The summed E-state index contributed by atoms with van der Waals surface area (Å²) in [6, 6.07) is 4.63. The maximum atomic E-state index is 11.6. The minimum absolute atomic E-state index is 0.107. The molecular weight excluding hydrogens is 280 g/mol. The third-order valence-corrected chi connectivity index (χ3v) is 2.58. The molecule has 0 saturated heterocycles. The third kappa shape index (κ3) is 4.77. The normalized spacial score (nSPS) is 13.0. The number of hydrogen-bond donors (Lipinski definition) is 4. The van der Waals surface area contributed by atoms with Gasteiger partial charge in [0.05, 0.1) is 11.7 Å². The lowest BCUT2D eigenvalue weighted by Gasteiger charge is -2.17. The number of hydrogen-bond acceptors (Lipinski definition) is 5. The second kappa shape index (κ2) is 7.25. The van der Waals surface area contributed by atoms with E-state index in [1.165, 1.54) is 19.1 Å². The van der Waals surface area contributed by atoms with Gasteiger partial charge in [-0.2, -0.15) is 0 Å². The fraction of sp³-hybridized carbons (Fsp3) is 0.308. The number of nitrogens with one attached hydrogen (secondary N) is 1. The zero-order valence-corrected chi connectivity index (χ0v) is 11.3. The highest BCUT2D eigenvalue weighted by Crippen LogP contribution is 2.16. The molecule has 1 aromatic carbocycles. The van der Waals surface area contributed by atoms with Crippen molar-refractivity contribution in [2.75, 3.05) is 6.61 Å². The number of nitrogens with two attached hydrogens (primary N) is 1. The maximum Gasteiger partial charge on any atom is 0.328 e. The van der Waals surface area contributed by atoms with Crippen LogP contribution in [0.1, 0.15) is 17.3 Å². The first-order chi connectivity index (χ1) is 9.82. The van der Waals surface area contributed by atoms with Crippen LogP contribution in [0, 0.1) is 0 Å². The Bertz CT molecular complexity index is 543. The molecule has 0 fully saturated rings. The molecule has 0 aliphatic heterocycles. The number of carboxylic acid groups (broad SMARTS) is 1. The van der Waals surface area contributed by atoms with Crippen LogP contribution in [-0.4, -0.2) is 46.7 Å². The second-order valence-electron chi connectivity index (χ2n) is 4.27. The summed E-state index contributed by atoms with van der Waals surface area (Å²) in [5, 5.41) is 20.2. The molecule has 0 aromatic heterocycles. The van der Waals surface area contributed by atoms with Gasteiger partial charge >= 0.3 is 5.97 Å². The molecule has 2 amide bonds. The number of carbonyl (C=O) groups excluding carboxylic acids is 2. The van der Waals surface area contributed by atoms with E-state index in [4.69, 9.17) is 15.6 Å². The van der Waals surface area contributed by atoms with E-state index in [2.05, 4.69) is 5.32 Å². The van der Waals surface area contributed by atoms with Crippen molar-refractivity contribution in [2.24, 2.45) is 5.73 Å². The van der Waals surface area contributed by atoms with E-state index in [9.17, 15) is 19.5 Å². The standard InChI is InChI=1S/C13H16N2O6/c1-7(16)11(13(19)20)15-10(17)6-21-9-5-3-2-4-8(9)12(14)18/h2-5,7,11,16H,6H2,1H3,(H2,14,18)(H,15,17)(H,19,20)/t7-,11+/m1/s1. The predicted molar refractivity (Wildman–Crippen MR) is 71.7 cm³/mol. The topological polar surface area (TPSA) is 139 Å². The van der Waals surface area contributed by atoms with E-state index in [1.807, 2.05) is 0 Å². The highest BCUT2D eigenvalue weighted by atomic mass is 16.5. The van der Waals surface area contributed by atoms with Crippen LogP contribution in [0.15, 0.2) is 24.3 Å². The summed E-state index contributed by atoms with van der Waals surface area (Å²) >= 11 is 0. The largest absolute Gasteiger partial charge is 0.483 e. The van der Waals surface area contributed by atoms with Crippen LogP contribution in [0.3, 0.4) is 0 Å². The van der Waals surface area contributed by atoms with Crippen molar-refractivity contribution in [3.63, 3.8) is 0 Å². The Labute approximate surface area is 120 Å². The highest BCUT2D eigenvalue weighted by molar-refractivity contribution is 5.95. The average Bonchev–Trinajstić information content (AvgIpc) is 2.42. The van der Waals surface area contributed by atoms with Gasteiger partial charge < -0.3 is 26.0 Å². The SMILES string of the molecule is C[C@@H](O)[C@H](NC(=O)COc1ccccc1C(N)=O)C(=O)O. The monoisotopic (exact) mass is 296 g/mol. The first-order valence-corrected chi connectivity index (χ1v) is 6.04. The first-order valence-electron chi connectivity index (χ1n) is 6.04. The summed E-state index contributed by atoms with van der Waals surface area (Å²) in [6.45, 7) is 0.725. The summed E-state index contributed by atoms with van der Waals surface area (Å²) in [5.41, 5.74) is 5.26. The Hall–Kier alpha value is -2.61. The Balaban J connectivity index is 2.65. The molecule has 2 atom stereocenters. The quantitative estimate of drug-likeness (QED) is 0.515. The van der Waals surface area contributed by atoms with Gasteiger partial charge in [-0.3, -0.25) is 9.59 Å². The van der Waals surface area contributed by atoms with Crippen molar-refractivity contribution < 1.29 is 29.3 Å². The lowest BCUT2D eigenvalue weighted by molar-refractivity contribution is -0.145. The van der Waals surface area contributed by atoms with Crippen molar-refractivity contribution in [2.45, 2.75) is 19.1 Å². The third-order valence-electron chi connectivity index (χ3n) is 2.58. The zero-order chi connectivity index (χ0) is 16.0. The van der Waals surface area contributed by atoms with Crippen LogP contribution in [0.5, 0.6) is 5.75 Å². The molecule has 8 nitrogen and oxygen atoms in total.